The van der Waals surface area contributed by atoms with Crippen molar-refractivity contribution in [2.24, 2.45) is 0 Å². The average molecular weight is 512 g/mol. The Balaban J connectivity index is 1.43. The van der Waals surface area contributed by atoms with Gasteiger partial charge in [-0.05, 0) is 25.0 Å². The minimum Gasteiger partial charge on any atom is -0.380 e. The van der Waals surface area contributed by atoms with Crippen molar-refractivity contribution in [3.05, 3.63) is 70.2 Å². The first-order valence-corrected chi connectivity index (χ1v) is 11.8. The molecule has 1 N–H and O–H groups in total. The lowest BCUT2D eigenvalue weighted by molar-refractivity contribution is -0.137. The number of carbonyl (C=O) groups excluding carboxylic acids is 1. The van der Waals surface area contributed by atoms with Gasteiger partial charge >= 0.3 is 6.18 Å². The Morgan fingerprint density at radius 3 is 2.91 bits per heavy atom. The molecule has 12 heteroatoms. The van der Waals surface area contributed by atoms with E-state index in [1.807, 2.05) is 6.92 Å². The predicted molar refractivity (Wildman–Crippen MR) is 122 cm³/mol. The van der Waals surface area contributed by atoms with E-state index < -0.39 is 22.7 Å². The molecule has 4 rings (SSSR count). The van der Waals surface area contributed by atoms with Crippen LogP contribution in [0.25, 0.3) is 5.82 Å². The van der Waals surface area contributed by atoms with E-state index in [0.29, 0.717) is 22.6 Å². The number of amides is 1. The number of nitrogens with one attached hydrogen (secondary N) is 1. The fourth-order valence-electron chi connectivity index (χ4n) is 3.39. The molecule has 1 fully saturated rings. The average Bonchev–Trinajstić information content (AvgIpc) is 3.49. The zero-order chi connectivity index (χ0) is 24.3. The Morgan fingerprint density at radius 2 is 2.18 bits per heavy atom. The van der Waals surface area contributed by atoms with Gasteiger partial charge in [0.2, 0.25) is 0 Å². The zero-order valence-electron chi connectivity index (χ0n) is 18.1. The van der Waals surface area contributed by atoms with Crippen molar-refractivity contribution in [1.29, 1.82) is 0 Å². The molecule has 0 radical (unpaired) electrons. The van der Waals surface area contributed by atoms with E-state index in [1.165, 1.54) is 24.7 Å². The van der Waals surface area contributed by atoms with Gasteiger partial charge in [-0.2, -0.15) is 13.2 Å². The lowest BCUT2D eigenvalue weighted by atomic mass is 10.1. The molecule has 1 unspecified atom stereocenters. The Kier molecular flexibility index (Phi) is 7.44. The van der Waals surface area contributed by atoms with Crippen LogP contribution < -0.4 is 5.32 Å². The molecular weight excluding hydrogens is 491 g/mol. The number of aromatic nitrogens is 4. The maximum absolute atomic E-state index is 13.0. The van der Waals surface area contributed by atoms with Crippen molar-refractivity contribution in [2.75, 3.05) is 13.2 Å². The first-order valence-electron chi connectivity index (χ1n) is 10.4. The SMILES string of the molecule is Cc1cnc(CSC2CCOC2)nc1-n1cnc(C(=O)NCc2cccc(C(F)(F)F)c2Cl)c1. The van der Waals surface area contributed by atoms with Gasteiger partial charge in [-0.1, -0.05) is 23.7 Å². The summed E-state index contributed by atoms with van der Waals surface area (Å²) in [6.07, 6.45) is 1.13. The van der Waals surface area contributed by atoms with E-state index in [4.69, 9.17) is 16.3 Å². The minimum absolute atomic E-state index is 0.0974. The van der Waals surface area contributed by atoms with E-state index >= 15 is 0 Å². The third-order valence-corrected chi connectivity index (χ3v) is 6.93. The van der Waals surface area contributed by atoms with Gasteiger partial charge in [0.1, 0.15) is 23.7 Å². The van der Waals surface area contributed by atoms with Crippen LogP contribution in [-0.2, 0) is 23.2 Å². The van der Waals surface area contributed by atoms with Crippen LogP contribution in [-0.4, -0.2) is 43.9 Å². The summed E-state index contributed by atoms with van der Waals surface area (Å²) < 4.78 is 46.1. The number of benzene rings is 1. The number of imidazole rings is 1. The number of ether oxygens (including phenoxy) is 1. The van der Waals surface area contributed by atoms with Crippen molar-refractivity contribution in [2.45, 2.75) is 37.1 Å². The van der Waals surface area contributed by atoms with E-state index in [9.17, 15) is 18.0 Å². The van der Waals surface area contributed by atoms with Crippen LogP contribution in [0.4, 0.5) is 13.2 Å². The van der Waals surface area contributed by atoms with Gasteiger partial charge < -0.3 is 10.1 Å². The second kappa shape index (κ2) is 10.3. The summed E-state index contributed by atoms with van der Waals surface area (Å²) in [5.74, 6) is 1.36. The number of hydrogen-bond donors (Lipinski definition) is 1. The van der Waals surface area contributed by atoms with Crippen molar-refractivity contribution < 1.29 is 22.7 Å². The Hall–Kier alpha value is -2.63. The van der Waals surface area contributed by atoms with Gasteiger partial charge in [0.25, 0.3) is 5.91 Å². The van der Waals surface area contributed by atoms with Crippen LogP contribution in [0.1, 0.15) is 39.4 Å². The summed E-state index contributed by atoms with van der Waals surface area (Å²) in [6, 6.07) is 3.57. The highest BCUT2D eigenvalue weighted by Crippen LogP contribution is 2.36. The number of aryl methyl sites for hydroxylation is 1. The zero-order valence-corrected chi connectivity index (χ0v) is 19.7. The normalized spacial score (nSPS) is 16.1. The topological polar surface area (TPSA) is 81.9 Å². The quantitative estimate of drug-likeness (QED) is 0.499. The Labute approximate surface area is 203 Å². The third kappa shape index (κ3) is 5.70. The van der Waals surface area contributed by atoms with Crippen LogP contribution in [0.5, 0.6) is 0 Å². The number of halogens is 4. The molecule has 7 nitrogen and oxygen atoms in total. The molecule has 34 heavy (non-hydrogen) atoms. The second-order valence-corrected chi connectivity index (χ2v) is 9.38. The second-order valence-electron chi connectivity index (χ2n) is 7.71. The third-order valence-electron chi connectivity index (χ3n) is 5.21. The van der Waals surface area contributed by atoms with Crippen LogP contribution in [0.3, 0.4) is 0 Å². The molecule has 1 aliphatic heterocycles. The fraction of sp³-hybridized carbons (Fsp3) is 0.364. The van der Waals surface area contributed by atoms with E-state index in [2.05, 4.69) is 20.3 Å². The van der Waals surface area contributed by atoms with E-state index in [-0.39, 0.29) is 17.8 Å². The molecule has 0 saturated carbocycles. The van der Waals surface area contributed by atoms with Gasteiger partial charge in [0.15, 0.2) is 0 Å². The number of nitrogens with zero attached hydrogens (tertiary/aromatic N) is 4. The van der Waals surface area contributed by atoms with Crippen LogP contribution in [0.2, 0.25) is 5.02 Å². The summed E-state index contributed by atoms with van der Waals surface area (Å²) in [5.41, 5.74) is 0.114. The van der Waals surface area contributed by atoms with Crippen LogP contribution in [0, 0.1) is 6.92 Å². The standard InChI is InChI=1S/C22H21ClF3N5O2S/c1-13-7-27-18(11-34-15-5-6-33-10-15)30-20(13)31-9-17(29-12-31)21(32)28-8-14-3-2-4-16(19(14)23)22(24,25)26/h2-4,7,9,12,15H,5-6,8,10-11H2,1H3,(H,28,32). The summed E-state index contributed by atoms with van der Waals surface area (Å²) in [4.78, 5) is 25.7. The van der Waals surface area contributed by atoms with Gasteiger partial charge in [-0.3, -0.25) is 9.36 Å². The Bertz CT molecular complexity index is 1180. The maximum atomic E-state index is 13.0. The highest BCUT2D eigenvalue weighted by molar-refractivity contribution is 7.99. The summed E-state index contributed by atoms with van der Waals surface area (Å²) >= 11 is 7.64. The molecule has 0 bridgehead atoms. The lowest BCUT2D eigenvalue weighted by Crippen LogP contribution is -2.23. The largest absolute Gasteiger partial charge is 0.417 e. The van der Waals surface area contributed by atoms with Gasteiger partial charge in [-0.25, -0.2) is 15.0 Å². The first-order chi connectivity index (χ1) is 16.2. The molecule has 1 amide bonds. The highest BCUT2D eigenvalue weighted by Gasteiger charge is 2.33. The molecule has 1 saturated heterocycles. The number of carbonyl (C=O) groups is 1. The maximum Gasteiger partial charge on any atom is 0.417 e. The van der Waals surface area contributed by atoms with Crippen LogP contribution in [0.15, 0.2) is 36.9 Å². The van der Waals surface area contributed by atoms with Crippen molar-refractivity contribution in [1.82, 2.24) is 24.8 Å². The molecule has 3 heterocycles. The van der Waals surface area contributed by atoms with Crippen molar-refractivity contribution >= 4 is 29.3 Å². The van der Waals surface area contributed by atoms with Gasteiger partial charge in [-0.15, -0.1) is 11.8 Å². The minimum atomic E-state index is -4.58. The summed E-state index contributed by atoms with van der Waals surface area (Å²) in [5, 5.41) is 2.56. The molecule has 2 aromatic heterocycles. The lowest BCUT2D eigenvalue weighted by Gasteiger charge is -2.12. The molecule has 1 atom stereocenters. The number of thioether (sulfide) groups is 1. The highest BCUT2D eigenvalue weighted by atomic mass is 35.5. The number of rotatable bonds is 7. The van der Waals surface area contributed by atoms with Crippen molar-refractivity contribution in [3.63, 3.8) is 0 Å². The molecule has 1 aliphatic rings. The van der Waals surface area contributed by atoms with E-state index in [1.54, 1.807) is 22.5 Å². The molecule has 0 aliphatic carbocycles. The molecule has 0 spiro atoms. The van der Waals surface area contributed by atoms with Crippen LogP contribution >= 0.6 is 23.4 Å². The molecular formula is C22H21ClF3N5O2S. The molecule has 1 aromatic carbocycles. The first kappa shape index (κ1) is 24.5. The summed E-state index contributed by atoms with van der Waals surface area (Å²) in [7, 11) is 0. The fourth-order valence-corrected chi connectivity index (χ4v) is 4.67. The van der Waals surface area contributed by atoms with E-state index in [0.717, 1.165) is 31.3 Å². The smallest absolute Gasteiger partial charge is 0.380 e. The predicted octanol–water partition coefficient (Wildman–Crippen LogP) is 4.60. The van der Waals surface area contributed by atoms with Crippen molar-refractivity contribution in [3.8, 4) is 5.82 Å². The summed E-state index contributed by atoms with van der Waals surface area (Å²) in [6.45, 7) is 3.19. The number of alkyl halides is 3. The van der Waals surface area contributed by atoms with Gasteiger partial charge in [0, 0.05) is 36.4 Å². The number of hydrogen-bond acceptors (Lipinski definition) is 6. The van der Waals surface area contributed by atoms with Gasteiger partial charge in [0.05, 0.1) is 22.9 Å². The monoisotopic (exact) mass is 511 g/mol. The molecule has 180 valence electrons. The molecule has 3 aromatic rings. The Morgan fingerprint density at radius 1 is 1.35 bits per heavy atom.